The Labute approximate surface area is 140 Å². The topological polar surface area (TPSA) is 61.6 Å². The van der Waals surface area contributed by atoms with Crippen molar-refractivity contribution < 1.29 is 9.32 Å². The van der Waals surface area contributed by atoms with Crippen molar-refractivity contribution in [2.24, 2.45) is 0 Å². The van der Waals surface area contributed by atoms with Gasteiger partial charge in [0.1, 0.15) is 0 Å². The number of aromatic nitrogens is 1. The molecule has 1 N–H and O–H groups in total. The lowest BCUT2D eigenvalue weighted by Gasteiger charge is -2.37. The van der Waals surface area contributed by atoms with Gasteiger partial charge in [0.05, 0.1) is 11.7 Å². The second-order valence-electron chi connectivity index (χ2n) is 5.94. The molecule has 1 atom stereocenters. The van der Waals surface area contributed by atoms with E-state index in [1.165, 1.54) is 5.56 Å². The predicted octanol–water partition coefficient (Wildman–Crippen LogP) is 2.19. The number of carbonyl (C=O) groups excluding carboxylic acids is 1. The zero-order valence-corrected chi connectivity index (χ0v) is 14.3. The zero-order chi connectivity index (χ0) is 16.2. The number of piperazine rings is 1. The molecule has 23 heavy (non-hydrogen) atoms. The Morgan fingerprint density at radius 3 is 2.83 bits per heavy atom. The summed E-state index contributed by atoms with van der Waals surface area (Å²) in [6.45, 7) is 8.52. The standard InChI is InChI=1S/C16H22N4O2S/c1-12-9-15(22-18-12)17-16(21)13(2)20-6-4-19(5-7-20)10-14-3-8-23-11-14/h3,8-9,11,13H,4-7,10H2,1-2H3,(H,17,21)/t13-/m0/s1. The lowest BCUT2D eigenvalue weighted by atomic mass is 10.2. The summed E-state index contributed by atoms with van der Waals surface area (Å²) in [6.07, 6.45) is 0. The molecule has 0 unspecified atom stereocenters. The summed E-state index contributed by atoms with van der Waals surface area (Å²) in [5, 5.41) is 10.9. The minimum atomic E-state index is -0.177. The first-order valence-electron chi connectivity index (χ1n) is 7.83. The molecule has 0 spiro atoms. The van der Waals surface area contributed by atoms with Crippen LogP contribution in [0.3, 0.4) is 0 Å². The predicted molar refractivity (Wildman–Crippen MR) is 90.5 cm³/mol. The molecule has 1 fully saturated rings. The molecule has 0 radical (unpaired) electrons. The number of nitrogens with one attached hydrogen (secondary N) is 1. The van der Waals surface area contributed by atoms with Crippen molar-refractivity contribution >= 4 is 23.1 Å². The van der Waals surface area contributed by atoms with Crippen LogP contribution in [0.25, 0.3) is 0 Å². The Bertz CT molecular complexity index is 632. The highest BCUT2D eigenvalue weighted by Crippen LogP contribution is 2.14. The first-order chi connectivity index (χ1) is 11.1. The fraction of sp³-hybridized carbons (Fsp3) is 0.500. The highest BCUT2D eigenvalue weighted by molar-refractivity contribution is 7.07. The van der Waals surface area contributed by atoms with Gasteiger partial charge in [-0.3, -0.25) is 19.9 Å². The molecule has 0 aromatic carbocycles. The molecule has 7 heteroatoms. The summed E-state index contributed by atoms with van der Waals surface area (Å²) in [6, 6.07) is 3.72. The summed E-state index contributed by atoms with van der Waals surface area (Å²) in [5.74, 6) is 0.364. The van der Waals surface area contributed by atoms with Crippen LogP contribution in [0.5, 0.6) is 0 Å². The Kier molecular flexibility index (Phi) is 5.09. The van der Waals surface area contributed by atoms with Gasteiger partial charge in [-0.15, -0.1) is 0 Å². The van der Waals surface area contributed by atoms with Crippen LogP contribution in [0, 0.1) is 6.92 Å². The van der Waals surface area contributed by atoms with Crippen LogP contribution in [-0.2, 0) is 11.3 Å². The van der Waals surface area contributed by atoms with Crippen molar-refractivity contribution in [1.29, 1.82) is 0 Å². The van der Waals surface area contributed by atoms with Gasteiger partial charge in [0.2, 0.25) is 11.8 Å². The number of hydrogen-bond donors (Lipinski definition) is 1. The van der Waals surface area contributed by atoms with Crippen LogP contribution >= 0.6 is 11.3 Å². The number of amides is 1. The number of aryl methyl sites for hydroxylation is 1. The largest absolute Gasteiger partial charge is 0.338 e. The van der Waals surface area contributed by atoms with E-state index in [0.717, 1.165) is 38.4 Å². The van der Waals surface area contributed by atoms with E-state index < -0.39 is 0 Å². The van der Waals surface area contributed by atoms with Gasteiger partial charge in [-0.05, 0) is 36.2 Å². The molecular formula is C16H22N4O2S. The van der Waals surface area contributed by atoms with Gasteiger partial charge >= 0.3 is 0 Å². The monoisotopic (exact) mass is 334 g/mol. The Hall–Kier alpha value is -1.70. The van der Waals surface area contributed by atoms with Gasteiger partial charge in [-0.25, -0.2) is 0 Å². The second-order valence-corrected chi connectivity index (χ2v) is 6.72. The maximum Gasteiger partial charge on any atom is 0.243 e. The number of hydrogen-bond acceptors (Lipinski definition) is 6. The van der Waals surface area contributed by atoms with Crippen LogP contribution in [-0.4, -0.2) is 53.1 Å². The van der Waals surface area contributed by atoms with Crippen molar-refractivity contribution in [1.82, 2.24) is 15.0 Å². The molecule has 1 aliphatic rings. The average molecular weight is 334 g/mol. The van der Waals surface area contributed by atoms with Crippen LogP contribution in [0.2, 0.25) is 0 Å². The molecule has 6 nitrogen and oxygen atoms in total. The number of nitrogens with zero attached hydrogens (tertiary/aromatic N) is 3. The van der Waals surface area contributed by atoms with E-state index in [0.29, 0.717) is 5.88 Å². The maximum atomic E-state index is 12.3. The van der Waals surface area contributed by atoms with Gasteiger partial charge in [0.25, 0.3) is 0 Å². The summed E-state index contributed by atoms with van der Waals surface area (Å²) in [4.78, 5) is 17.0. The van der Waals surface area contributed by atoms with Crippen LogP contribution in [0.1, 0.15) is 18.2 Å². The first kappa shape index (κ1) is 16.2. The number of rotatable bonds is 5. The van der Waals surface area contributed by atoms with E-state index >= 15 is 0 Å². The minimum absolute atomic E-state index is 0.0487. The molecule has 2 aromatic rings. The van der Waals surface area contributed by atoms with Crippen LogP contribution < -0.4 is 5.32 Å². The highest BCUT2D eigenvalue weighted by Gasteiger charge is 2.26. The van der Waals surface area contributed by atoms with Crippen molar-refractivity contribution in [3.8, 4) is 0 Å². The third kappa shape index (κ3) is 4.19. The smallest absolute Gasteiger partial charge is 0.243 e. The Morgan fingerprint density at radius 1 is 1.43 bits per heavy atom. The zero-order valence-electron chi connectivity index (χ0n) is 13.5. The van der Waals surface area contributed by atoms with E-state index in [2.05, 4.69) is 37.1 Å². The summed E-state index contributed by atoms with van der Waals surface area (Å²) in [7, 11) is 0. The molecule has 124 valence electrons. The van der Waals surface area contributed by atoms with Gasteiger partial charge < -0.3 is 4.52 Å². The second kappa shape index (κ2) is 7.25. The summed E-state index contributed by atoms with van der Waals surface area (Å²) < 4.78 is 5.04. The molecule has 0 saturated carbocycles. The number of carbonyl (C=O) groups is 1. The van der Waals surface area contributed by atoms with E-state index in [9.17, 15) is 4.79 Å². The van der Waals surface area contributed by atoms with Crippen LogP contribution in [0.4, 0.5) is 5.88 Å². The molecule has 1 saturated heterocycles. The normalized spacial score (nSPS) is 18.0. The summed E-state index contributed by atoms with van der Waals surface area (Å²) in [5.41, 5.74) is 2.13. The van der Waals surface area contributed by atoms with Crippen molar-refractivity contribution in [2.45, 2.75) is 26.4 Å². The molecule has 3 heterocycles. The molecule has 0 bridgehead atoms. The molecule has 0 aliphatic carbocycles. The lowest BCUT2D eigenvalue weighted by molar-refractivity contribution is -0.121. The van der Waals surface area contributed by atoms with Gasteiger partial charge in [-0.1, -0.05) is 5.16 Å². The van der Waals surface area contributed by atoms with Gasteiger partial charge in [0, 0.05) is 38.8 Å². The average Bonchev–Trinajstić information content (AvgIpc) is 3.19. The number of anilines is 1. The molecule has 1 aliphatic heterocycles. The molecular weight excluding hydrogens is 312 g/mol. The summed E-state index contributed by atoms with van der Waals surface area (Å²) >= 11 is 1.74. The maximum absolute atomic E-state index is 12.3. The first-order valence-corrected chi connectivity index (χ1v) is 8.78. The number of thiophene rings is 1. The van der Waals surface area contributed by atoms with E-state index in [-0.39, 0.29) is 11.9 Å². The van der Waals surface area contributed by atoms with Crippen LogP contribution in [0.15, 0.2) is 27.4 Å². The minimum Gasteiger partial charge on any atom is -0.338 e. The fourth-order valence-electron chi connectivity index (χ4n) is 2.76. The van der Waals surface area contributed by atoms with Crippen molar-refractivity contribution in [3.63, 3.8) is 0 Å². The Morgan fingerprint density at radius 2 is 2.22 bits per heavy atom. The molecule has 3 rings (SSSR count). The third-order valence-corrected chi connectivity index (χ3v) is 4.93. The SMILES string of the molecule is Cc1cc(NC(=O)[C@H](C)N2CCN(Cc3ccsc3)CC2)on1. The van der Waals surface area contributed by atoms with E-state index in [1.807, 2.05) is 13.8 Å². The highest BCUT2D eigenvalue weighted by atomic mass is 32.1. The molecule has 2 aromatic heterocycles. The van der Waals surface area contributed by atoms with Gasteiger partial charge in [0.15, 0.2) is 0 Å². The quantitative estimate of drug-likeness (QED) is 0.908. The van der Waals surface area contributed by atoms with Gasteiger partial charge in [-0.2, -0.15) is 11.3 Å². The Balaban J connectivity index is 1.47. The van der Waals surface area contributed by atoms with E-state index in [1.54, 1.807) is 17.4 Å². The fourth-order valence-corrected chi connectivity index (χ4v) is 3.42. The van der Waals surface area contributed by atoms with E-state index in [4.69, 9.17) is 4.52 Å². The third-order valence-electron chi connectivity index (χ3n) is 4.19. The van der Waals surface area contributed by atoms with Crippen molar-refractivity contribution in [2.75, 3.05) is 31.5 Å². The van der Waals surface area contributed by atoms with Crippen molar-refractivity contribution in [3.05, 3.63) is 34.2 Å². The lowest BCUT2D eigenvalue weighted by Crippen LogP contribution is -2.52. The molecule has 1 amide bonds.